The van der Waals surface area contributed by atoms with Gasteiger partial charge in [-0.15, -0.1) is 0 Å². The molecule has 0 unspecified atom stereocenters. The van der Waals surface area contributed by atoms with E-state index in [0.717, 1.165) is 36.4 Å². The molecule has 0 atom stereocenters. The van der Waals surface area contributed by atoms with Crippen LogP contribution in [-0.2, 0) is 9.84 Å². The first-order valence-corrected chi connectivity index (χ1v) is 8.01. The van der Waals surface area contributed by atoms with E-state index in [1.54, 1.807) is 0 Å². The van der Waals surface area contributed by atoms with Crippen molar-refractivity contribution in [2.24, 2.45) is 0 Å². The minimum Gasteiger partial charge on any atom is -0.258 e. The molecule has 0 aliphatic heterocycles. The summed E-state index contributed by atoms with van der Waals surface area (Å²) in [6.07, 6.45) is 0. The fraction of sp³-hybridized carbons (Fsp3) is 0. The van der Waals surface area contributed by atoms with E-state index in [0.29, 0.717) is 0 Å². The number of halogens is 2. The highest BCUT2D eigenvalue weighted by Gasteiger charge is 2.25. The van der Waals surface area contributed by atoms with Crippen molar-refractivity contribution in [2.45, 2.75) is 9.79 Å². The van der Waals surface area contributed by atoms with Crippen LogP contribution in [0.2, 0.25) is 10.0 Å². The predicted molar refractivity (Wildman–Crippen MR) is 81.7 cm³/mol. The first-order chi connectivity index (χ1) is 10.6. The molecule has 0 radical (unpaired) electrons. The number of nitro groups is 2. The number of rotatable bonds is 4. The second kappa shape index (κ2) is 6.11. The Bertz CT molecular complexity index is 929. The van der Waals surface area contributed by atoms with Crippen LogP contribution in [0.4, 0.5) is 11.4 Å². The lowest BCUT2D eigenvalue weighted by Crippen LogP contribution is -2.04. The lowest BCUT2D eigenvalue weighted by molar-refractivity contribution is -0.385. The Hall–Kier alpha value is -2.23. The third kappa shape index (κ3) is 3.41. The Kier molecular flexibility index (Phi) is 4.55. The van der Waals surface area contributed by atoms with Crippen LogP contribution < -0.4 is 0 Å². The highest BCUT2D eigenvalue weighted by atomic mass is 35.5. The van der Waals surface area contributed by atoms with Gasteiger partial charge in [0.2, 0.25) is 9.84 Å². The molecule has 2 rings (SSSR count). The van der Waals surface area contributed by atoms with Gasteiger partial charge in [0.15, 0.2) is 0 Å². The van der Waals surface area contributed by atoms with Crippen molar-refractivity contribution >= 4 is 44.4 Å². The number of hydrogen-bond acceptors (Lipinski definition) is 6. The van der Waals surface area contributed by atoms with Gasteiger partial charge in [-0.2, -0.15) is 0 Å². The average molecular weight is 377 g/mol. The Labute approximate surface area is 139 Å². The van der Waals surface area contributed by atoms with Gasteiger partial charge in [-0.1, -0.05) is 23.2 Å². The molecular weight excluding hydrogens is 371 g/mol. The third-order valence-electron chi connectivity index (χ3n) is 2.80. The van der Waals surface area contributed by atoms with Crippen LogP contribution >= 0.6 is 23.2 Å². The topological polar surface area (TPSA) is 120 Å². The minimum atomic E-state index is -4.24. The fourth-order valence-corrected chi connectivity index (χ4v) is 3.57. The fourth-order valence-electron chi connectivity index (χ4n) is 1.74. The molecule has 0 N–H and O–H groups in total. The third-order valence-corrected chi connectivity index (χ3v) is 5.07. The largest absolute Gasteiger partial charge is 0.289 e. The molecule has 0 saturated carbocycles. The van der Waals surface area contributed by atoms with E-state index in [1.807, 2.05) is 0 Å². The van der Waals surface area contributed by atoms with Crippen molar-refractivity contribution in [1.29, 1.82) is 0 Å². The lowest BCUT2D eigenvalue weighted by Gasteiger charge is -2.06. The Morgan fingerprint density at radius 3 is 2.09 bits per heavy atom. The summed E-state index contributed by atoms with van der Waals surface area (Å²) in [6, 6.07) is 5.74. The monoisotopic (exact) mass is 376 g/mol. The molecule has 2 aromatic carbocycles. The second-order valence-electron chi connectivity index (χ2n) is 4.28. The number of benzene rings is 2. The van der Waals surface area contributed by atoms with E-state index >= 15 is 0 Å². The number of non-ortho nitro benzene ring substituents is 1. The van der Waals surface area contributed by atoms with Gasteiger partial charge in [0, 0.05) is 23.2 Å². The summed E-state index contributed by atoms with van der Waals surface area (Å²) >= 11 is 11.3. The van der Waals surface area contributed by atoms with Crippen molar-refractivity contribution in [3.05, 3.63) is 66.7 Å². The van der Waals surface area contributed by atoms with Crippen molar-refractivity contribution in [1.82, 2.24) is 0 Å². The lowest BCUT2D eigenvalue weighted by atomic mass is 10.3. The average Bonchev–Trinajstić information content (AvgIpc) is 2.46. The minimum absolute atomic E-state index is 0.152. The number of nitro benzene ring substituents is 2. The van der Waals surface area contributed by atoms with Gasteiger partial charge in [-0.3, -0.25) is 20.2 Å². The van der Waals surface area contributed by atoms with Crippen molar-refractivity contribution in [3.8, 4) is 0 Å². The Balaban J connectivity index is 2.66. The van der Waals surface area contributed by atoms with Gasteiger partial charge in [0.1, 0.15) is 5.02 Å². The molecule has 2 aromatic rings. The molecule has 8 nitrogen and oxygen atoms in total. The van der Waals surface area contributed by atoms with E-state index in [2.05, 4.69) is 0 Å². The van der Waals surface area contributed by atoms with Crippen LogP contribution in [0.3, 0.4) is 0 Å². The molecular formula is C12H6Cl2N2O6S. The summed E-state index contributed by atoms with van der Waals surface area (Å²) in [5.74, 6) is 0. The molecule has 0 amide bonds. The van der Waals surface area contributed by atoms with Gasteiger partial charge >= 0.3 is 0 Å². The van der Waals surface area contributed by atoms with Crippen LogP contribution in [0.5, 0.6) is 0 Å². The normalized spacial score (nSPS) is 11.2. The van der Waals surface area contributed by atoms with Crippen molar-refractivity contribution in [3.63, 3.8) is 0 Å². The maximum absolute atomic E-state index is 12.5. The Morgan fingerprint density at radius 2 is 1.52 bits per heavy atom. The van der Waals surface area contributed by atoms with Gasteiger partial charge in [0.25, 0.3) is 11.4 Å². The summed E-state index contributed by atoms with van der Waals surface area (Å²) in [5.41, 5.74) is -1.11. The molecule has 0 saturated heterocycles. The zero-order valence-corrected chi connectivity index (χ0v) is 13.3. The summed E-state index contributed by atoms with van der Waals surface area (Å²) in [5, 5.41) is 21.3. The standard InChI is InChI=1S/C12H6Cl2N2O6S/c13-7-3-8(15(17)18)5-10(4-7)23(21,22)9-1-2-11(14)12(6-9)16(19)20/h1-6H. The highest BCUT2D eigenvalue weighted by Crippen LogP contribution is 2.32. The summed E-state index contributed by atoms with van der Waals surface area (Å²) < 4.78 is 25.0. The molecule has 11 heteroatoms. The zero-order valence-electron chi connectivity index (χ0n) is 11.0. The quantitative estimate of drug-likeness (QED) is 0.592. The maximum atomic E-state index is 12.5. The van der Waals surface area contributed by atoms with Gasteiger partial charge in [-0.25, -0.2) is 8.42 Å². The first kappa shape index (κ1) is 17.1. The highest BCUT2D eigenvalue weighted by molar-refractivity contribution is 7.91. The number of nitrogens with zero attached hydrogens (tertiary/aromatic N) is 2. The van der Waals surface area contributed by atoms with Crippen LogP contribution in [0.15, 0.2) is 46.2 Å². The molecule has 120 valence electrons. The smallest absolute Gasteiger partial charge is 0.258 e. The molecule has 0 fully saturated rings. The molecule has 0 spiro atoms. The molecule has 0 aliphatic carbocycles. The first-order valence-electron chi connectivity index (χ1n) is 5.77. The number of sulfone groups is 1. The SMILES string of the molecule is O=[N+]([O-])c1cc(Cl)cc(S(=O)(=O)c2ccc(Cl)c([N+](=O)[O-])c2)c1. The molecule has 0 aromatic heterocycles. The van der Waals surface area contributed by atoms with Crippen LogP contribution in [-0.4, -0.2) is 18.3 Å². The molecule has 0 bridgehead atoms. The van der Waals surface area contributed by atoms with E-state index in [9.17, 15) is 28.6 Å². The Morgan fingerprint density at radius 1 is 0.870 bits per heavy atom. The molecule has 23 heavy (non-hydrogen) atoms. The van der Waals surface area contributed by atoms with Crippen LogP contribution in [0.25, 0.3) is 0 Å². The van der Waals surface area contributed by atoms with Crippen molar-refractivity contribution in [2.75, 3.05) is 0 Å². The zero-order chi connectivity index (χ0) is 17.4. The van der Waals surface area contributed by atoms with Gasteiger partial charge < -0.3 is 0 Å². The maximum Gasteiger partial charge on any atom is 0.289 e. The van der Waals surface area contributed by atoms with E-state index < -0.39 is 40.8 Å². The van der Waals surface area contributed by atoms with E-state index in [1.165, 1.54) is 0 Å². The summed E-state index contributed by atoms with van der Waals surface area (Å²) in [4.78, 5) is 19.1. The van der Waals surface area contributed by atoms with Crippen LogP contribution in [0, 0.1) is 20.2 Å². The van der Waals surface area contributed by atoms with Gasteiger partial charge in [-0.05, 0) is 18.2 Å². The van der Waals surface area contributed by atoms with Gasteiger partial charge in [0.05, 0.1) is 19.6 Å². The predicted octanol–water partition coefficient (Wildman–Crippen LogP) is 3.64. The van der Waals surface area contributed by atoms with Crippen molar-refractivity contribution < 1.29 is 18.3 Å². The molecule has 0 heterocycles. The summed E-state index contributed by atoms with van der Waals surface area (Å²) in [6.45, 7) is 0. The number of hydrogen-bond donors (Lipinski definition) is 0. The van der Waals surface area contributed by atoms with Crippen LogP contribution in [0.1, 0.15) is 0 Å². The molecule has 0 aliphatic rings. The van der Waals surface area contributed by atoms with E-state index in [-0.39, 0.29) is 10.0 Å². The second-order valence-corrected chi connectivity index (χ2v) is 7.07. The summed E-state index contributed by atoms with van der Waals surface area (Å²) in [7, 11) is -4.24. The van der Waals surface area contributed by atoms with E-state index in [4.69, 9.17) is 23.2 Å².